The summed E-state index contributed by atoms with van der Waals surface area (Å²) in [5.74, 6) is -0.0920. The maximum absolute atomic E-state index is 14.1. The Labute approximate surface area is 273 Å². The highest BCUT2D eigenvalue weighted by Crippen LogP contribution is 2.37. The molecule has 0 bridgehead atoms. The molecule has 2 heterocycles. The molecule has 0 radical (unpaired) electrons. The number of likely N-dealkylation sites (N-methyl/N-ethyl adjacent to an activating group) is 1. The summed E-state index contributed by atoms with van der Waals surface area (Å²) in [4.78, 5) is 35.0. The highest BCUT2D eigenvalue weighted by Gasteiger charge is 2.38. The zero-order chi connectivity index (χ0) is 32.9. The fourth-order valence-electron chi connectivity index (χ4n) is 6.08. The monoisotopic (exact) mass is 670 g/mol. The van der Waals surface area contributed by atoms with Crippen molar-refractivity contribution in [1.82, 2.24) is 20.0 Å². The van der Waals surface area contributed by atoms with Crippen LogP contribution in [-0.4, -0.2) is 98.5 Å². The predicted molar refractivity (Wildman–Crippen MR) is 173 cm³/mol. The number of carbonyl (C=O) groups is 2. The van der Waals surface area contributed by atoms with Gasteiger partial charge in [-0.05, 0) is 60.8 Å². The second-order valence-electron chi connectivity index (χ2n) is 12.2. The number of halogens is 5. The van der Waals surface area contributed by atoms with Gasteiger partial charge in [-0.25, -0.2) is 0 Å². The number of carbonyl (C=O) groups excluding carboxylic acids is 2. The lowest BCUT2D eigenvalue weighted by Gasteiger charge is -2.43. The van der Waals surface area contributed by atoms with Crippen molar-refractivity contribution < 1.29 is 22.8 Å². The Morgan fingerprint density at radius 2 is 1.73 bits per heavy atom. The number of amides is 2. The molecule has 3 N–H and O–H groups in total. The van der Waals surface area contributed by atoms with Crippen molar-refractivity contribution in [3.8, 4) is 0 Å². The molecular weight excluding hydrogens is 628 g/mol. The number of nitrogens with one attached hydrogen (secondary N) is 1. The van der Waals surface area contributed by atoms with E-state index in [0.717, 1.165) is 30.8 Å². The van der Waals surface area contributed by atoms with Gasteiger partial charge in [0.15, 0.2) is 0 Å². The van der Waals surface area contributed by atoms with Crippen LogP contribution in [-0.2, 0) is 22.2 Å². The normalized spacial score (nSPS) is 18.1. The summed E-state index contributed by atoms with van der Waals surface area (Å²) in [6, 6.07) is 7.55. The predicted octanol–water partition coefficient (Wildman–Crippen LogP) is 4.68. The maximum Gasteiger partial charge on any atom is 0.416 e. The van der Waals surface area contributed by atoms with Crippen LogP contribution < -0.4 is 16.0 Å². The van der Waals surface area contributed by atoms with Crippen LogP contribution in [0, 0.1) is 5.92 Å². The van der Waals surface area contributed by atoms with Crippen molar-refractivity contribution in [2.24, 2.45) is 11.7 Å². The number of benzene rings is 2. The molecule has 0 saturated carbocycles. The molecule has 2 aromatic rings. The van der Waals surface area contributed by atoms with E-state index in [1.54, 1.807) is 28.0 Å². The molecule has 13 heteroatoms. The molecule has 0 aliphatic carbocycles. The molecule has 2 amide bonds. The Morgan fingerprint density at radius 3 is 2.33 bits per heavy atom. The van der Waals surface area contributed by atoms with Gasteiger partial charge in [0, 0.05) is 80.6 Å². The minimum Gasteiger partial charge on any atom is -0.368 e. The molecule has 2 aliphatic heterocycles. The lowest BCUT2D eigenvalue weighted by molar-refractivity contribution is -0.149. The minimum atomic E-state index is -4.48. The Morgan fingerprint density at radius 1 is 1.02 bits per heavy atom. The number of nitrogens with zero attached hydrogens (tertiary/aromatic N) is 4. The van der Waals surface area contributed by atoms with Crippen molar-refractivity contribution in [2.75, 3.05) is 70.9 Å². The molecule has 2 saturated heterocycles. The summed E-state index contributed by atoms with van der Waals surface area (Å²) in [5, 5.41) is 4.00. The van der Waals surface area contributed by atoms with E-state index in [1.165, 1.54) is 6.07 Å². The molecule has 4 rings (SSSR count). The summed E-state index contributed by atoms with van der Waals surface area (Å²) in [5.41, 5.74) is 7.53. The van der Waals surface area contributed by atoms with Crippen molar-refractivity contribution in [2.45, 2.75) is 44.9 Å². The zero-order valence-corrected chi connectivity index (χ0v) is 27.6. The first-order chi connectivity index (χ1) is 21.3. The number of hydrogen-bond acceptors (Lipinski definition) is 6. The molecule has 2 aliphatic rings. The summed E-state index contributed by atoms with van der Waals surface area (Å²) in [7, 11) is 1.86. The van der Waals surface area contributed by atoms with E-state index in [4.69, 9.17) is 28.9 Å². The molecule has 2 fully saturated rings. The average molecular weight is 672 g/mol. The Hall–Kier alpha value is -2.57. The van der Waals surface area contributed by atoms with Crippen LogP contribution >= 0.6 is 23.2 Å². The van der Waals surface area contributed by atoms with Gasteiger partial charge in [0.25, 0.3) is 0 Å². The molecular formula is C32H43Cl2F3N6O2. The number of nitrogens with two attached hydrogens (primary N) is 1. The number of rotatable bonds is 11. The Balaban J connectivity index is 1.53. The van der Waals surface area contributed by atoms with Gasteiger partial charge in [-0.3, -0.25) is 14.5 Å². The number of hydrogen-bond donors (Lipinski definition) is 2. The third kappa shape index (κ3) is 9.04. The van der Waals surface area contributed by atoms with Gasteiger partial charge in [0.1, 0.15) is 6.04 Å². The van der Waals surface area contributed by atoms with Crippen molar-refractivity contribution in [1.29, 1.82) is 0 Å². The van der Waals surface area contributed by atoms with E-state index < -0.39 is 23.8 Å². The van der Waals surface area contributed by atoms with Crippen LogP contribution in [0.1, 0.15) is 43.0 Å². The van der Waals surface area contributed by atoms with Gasteiger partial charge in [-0.1, -0.05) is 43.1 Å². The highest BCUT2D eigenvalue weighted by molar-refractivity contribution is 6.35. The van der Waals surface area contributed by atoms with Gasteiger partial charge in [-0.15, -0.1) is 0 Å². The fraction of sp³-hybridized carbons (Fsp3) is 0.562. The van der Waals surface area contributed by atoms with E-state index in [2.05, 4.69) is 10.2 Å². The first-order valence-electron chi connectivity index (χ1n) is 15.4. The van der Waals surface area contributed by atoms with Gasteiger partial charge >= 0.3 is 6.18 Å². The summed E-state index contributed by atoms with van der Waals surface area (Å²) in [6.07, 6.45) is -3.70. The number of piperazine rings is 2. The summed E-state index contributed by atoms with van der Waals surface area (Å²) in [6.45, 7) is 8.25. The van der Waals surface area contributed by atoms with Gasteiger partial charge < -0.3 is 25.8 Å². The number of alkyl halides is 3. The highest BCUT2D eigenvalue weighted by atomic mass is 35.5. The molecule has 45 heavy (non-hydrogen) atoms. The van der Waals surface area contributed by atoms with E-state index in [1.807, 2.05) is 25.8 Å². The molecule has 2 unspecified atom stereocenters. The standard InChI is InChI=1S/C32H43Cl2F3N6O2/c1-21(2)16-27(38)25-18-23(32(35,36)37)5-7-28(25)41-11-13-42(14-12-41)31(45)29(17-22-4-6-24(33)19-26(22)34)43-15-10-40(9-8-39-3)20-30(43)44/h4-7,18-19,21,27,29,39H,8-17,20,38H2,1-3H3. The number of anilines is 1. The zero-order valence-electron chi connectivity index (χ0n) is 26.0. The molecule has 2 aromatic carbocycles. The smallest absolute Gasteiger partial charge is 0.368 e. The maximum atomic E-state index is 14.1. The van der Waals surface area contributed by atoms with Crippen LogP contribution in [0.4, 0.5) is 18.9 Å². The Kier molecular flexibility index (Phi) is 12.0. The van der Waals surface area contributed by atoms with E-state index in [0.29, 0.717) is 67.0 Å². The van der Waals surface area contributed by atoms with E-state index in [-0.39, 0.29) is 30.7 Å². The van der Waals surface area contributed by atoms with Crippen LogP contribution in [0.5, 0.6) is 0 Å². The second kappa shape index (κ2) is 15.3. The quantitative estimate of drug-likeness (QED) is 0.361. The average Bonchev–Trinajstić information content (AvgIpc) is 2.99. The molecule has 0 aromatic heterocycles. The van der Waals surface area contributed by atoms with E-state index >= 15 is 0 Å². The third-order valence-electron chi connectivity index (χ3n) is 8.52. The van der Waals surface area contributed by atoms with Gasteiger partial charge in [0.2, 0.25) is 11.8 Å². The van der Waals surface area contributed by atoms with Gasteiger partial charge in [0.05, 0.1) is 12.1 Å². The largest absolute Gasteiger partial charge is 0.416 e. The van der Waals surface area contributed by atoms with Crippen LogP contribution in [0.3, 0.4) is 0 Å². The van der Waals surface area contributed by atoms with E-state index in [9.17, 15) is 22.8 Å². The lowest BCUT2D eigenvalue weighted by atomic mass is 9.94. The van der Waals surface area contributed by atoms with Crippen molar-refractivity contribution in [3.63, 3.8) is 0 Å². The van der Waals surface area contributed by atoms with Gasteiger partial charge in [-0.2, -0.15) is 13.2 Å². The van der Waals surface area contributed by atoms with Crippen molar-refractivity contribution >= 4 is 40.7 Å². The molecule has 0 spiro atoms. The SMILES string of the molecule is CNCCN1CCN(C(Cc2ccc(Cl)cc2Cl)C(=O)N2CCN(c3ccc(C(F)(F)F)cc3C(N)CC(C)C)CC2)C(=O)C1. The van der Waals surface area contributed by atoms with Crippen molar-refractivity contribution in [3.05, 3.63) is 63.1 Å². The van der Waals surface area contributed by atoms with Crippen LogP contribution in [0.25, 0.3) is 0 Å². The minimum absolute atomic E-state index is 0.118. The molecule has 2 atom stereocenters. The molecule has 248 valence electrons. The first kappa shape index (κ1) is 35.3. The first-order valence-corrected chi connectivity index (χ1v) is 16.1. The van der Waals surface area contributed by atoms with Crippen LogP contribution in [0.15, 0.2) is 36.4 Å². The Bertz CT molecular complexity index is 1340. The summed E-state index contributed by atoms with van der Waals surface area (Å²) >= 11 is 12.6. The second-order valence-corrected chi connectivity index (χ2v) is 13.1. The third-order valence-corrected chi connectivity index (χ3v) is 9.10. The van der Waals surface area contributed by atoms with Crippen LogP contribution in [0.2, 0.25) is 10.0 Å². The lowest BCUT2D eigenvalue weighted by Crippen LogP contribution is -2.61. The topological polar surface area (TPSA) is 85.2 Å². The molecule has 8 nitrogen and oxygen atoms in total. The summed E-state index contributed by atoms with van der Waals surface area (Å²) < 4.78 is 40.8. The fourth-order valence-corrected chi connectivity index (χ4v) is 6.57.